The van der Waals surface area contributed by atoms with E-state index in [4.69, 9.17) is 9.47 Å². The molecule has 4 nitrogen and oxygen atoms in total. The van der Waals surface area contributed by atoms with Crippen LogP contribution in [0.2, 0.25) is 0 Å². The number of ether oxygens (including phenoxy) is 2. The molecule has 1 aromatic rings. The normalized spacial score (nSPS) is 11.8. The topological polar surface area (TPSA) is 38.8 Å². The van der Waals surface area contributed by atoms with Crippen LogP contribution >= 0.6 is 0 Å². The molecule has 0 aliphatic carbocycles. The zero-order chi connectivity index (χ0) is 15.1. The van der Waals surface area contributed by atoms with Crippen LogP contribution in [0.4, 0.5) is 5.69 Å². The minimum atomic E-state index is -0.227. The fraction of sp³-hybridized carbons (Fsp3) is 0.562. The van der Waals surface area contributed by atoms with E-state index >= 15 is 0 Å². The van der Waals surface area contributed by atoms with Gasteiger partial charge in [0.1, 0.15) is 5.75 Å². The van der Waals surface area contributed by atoms with Crippen molar-refractivity contribution in [1.29, 1.82) is 0 Å². The van der Waals surface area contributed by atoms with E-state index in [-0.39, 0.29) is 5.97 Å². The Morgan fingerprint density at radius 2 is 2.05 bits per heavy atom. The van der Waals surface area contributed by atoms with Crippen LogP contribution in [0.25, 0.3) is 0 Å². The molecule has 0 N–H and O–H groups in total. The first kappa shape index (κ1) is 16.3. The summed E-state index contributed by atoms with van der Waals surface area (Å²) in [4.78, 5) is 12.9. The van der Waals surface area contributed by atoms with Gasteiger partial charge < -0.3 is 14.4 Å². The summed E-state index contributed by atoms with van der Waals surface area (Å²) in [6, 6.07) is 6.24. The average Bonchev–Trinajstić information content (AvgIpc) is 2.42. The highest BCUT2D eigenvalue weighted by atomic mass is 16.5. The summed E-state index contributed by atoms with van der Waals surface area (Å²) >= 11 is 0. The molecule has 1 rings (SSSR count). The van der Waals surface area contributed by atoms with E-state index in [0.717, 1.165) is 24.3 Å². The zero-order valence-electron chi connectivity index (χ0n) is 13.1. The summed E-state index contributed by atoms with van der Waals surface area (Å²) in [6.07, 6.45) is 1.80. The lowest BCUT2D eigenvalue weighted by molar-refractivity contribution is -0.141. The minimum Gasteiger partial charge on any atom is -0.496 e. The smallest absolute Gasteiger partial charge is 0.302 e. The SMILES string of the molecule is CC[C@H](CCOC(C)=O)c1ccc(N(C)C)cc1OC. The molecule has 0 aromatic heterocycles. The molecular formula is C16H25NO3. The van der Waals surface area contributed by atoms with Crippen LogP contribution < -0.4 is 9.64 Å². The summed E-state index contributed by atoms with van der Waals surface area (Å²) in [5, 5.41) is 0. The van der Waals surface area contributed by atoms with Crippen LogP contribution in [-0.2, 0) is 9.53 Å². The van der Waals surface area contributed by atoms with Gasteiger partial charge in [0.15, 0.2) is 0 Å². The fourth-order valence-electron chi connectivity index (χ4n) is 2.24. The predicted molar refractivity (Wildman–Crippen MR) is 81.6 cm³/mol. The van der Waals surface area contributed by atoms with Crippen molar-refractivity contribution < 1.29 is 14.3 Å². The monoisotopic (exact) mass is 279 g/mol. The molecule has 1 atom stereocenters. The molecule has 0 radical (unpaired) electrons. The largest absolute Gasteiger partial charge is 0.496 e. The number of carbonyl (C=O) groups excluding carboxylic acids is 1. The van der Waals surface area contributed by atoms with Crippen molar-refractivity contribution in [2.75, 3.05) is 32.7 Å². The number of hydrogen-bond acceptors (Lipinski definition) is 4. The third kappa shape index (κ3) is 4.44. The fourth-order valence-corrected chi connectivity index (χ4v) is 2.24. The third-order valence-corrected chi connectivity index (χ3v) is 3.44. The Bertz CT molecular complexity index is 443. The summed E-state index contributed by atoms with van der Waals surface area (Å²) in [5.41, 5.74) is 2.29. The second-order valence-corrected chi connectivity index (χ2v) is 5.05. The number of methoxy groups -OCH3 is 1. The maximum atomic E-state index is 10.8. The first-order valence-corrected chi connectivity index (χ1v) is 6.98. The molecule has 0 amide bonds. The Morgan fingerprint density at radius 1 is 1.35 bits per heavy atom. The van der Waals surface area contributed by atoms with Gasteiger partial charge in [-0.05, 0) is 30.4 Å². The van der Waals surface area contributed by atoms with Gasteiger partial charge in [-0.2, -0.15) is 0 Å². The molecule has 0 heterocycles. The minimum absolute atomic E-state index is 0.227. The molecule has 0 spiro atoms. The van der Waals surface area contributed by atoms with Gasteiger partial charge in [-0.1, -0.05) is 13.0 Å². The van der Waals surface area contributed by atoms with Crippen molar-refractivity contribution in [3.63, 3.8) is 0 Å². The van der Waals surface area contributed by atoms with E-state index in [1.54, 1.807) is 7.11 Å². The van der Waals surface area contributed by atoms with Crippen LogP contribution in [0.1, 0.15) is 38.2 Å². The van der Waals surface area contributed by atoms with Gasteiger partial charge in [0.05, 0.1) is 13.7 Å². The first-order valence-electron chi connectivity index (χ1n) is 6.98. The molecular weight excluding hydrogens is 254 g/mol. The van der Waals surface area contributed by atoms with Gasteiger partial charge >= 0.3 is 5.97 Å². The second-order valence-electron chi connectivity index (χ2n) is 5.05. The van der Waals surface area contributed by atoms with Crippen LogP contribution in [0.3, 0.4) is 0 Å². The molecule has 0 aliphatic heterocycles. The van der Waals surface area contributed by atoms with E-state index < -0.39 is 0 Å². The number of esters is 1. The second kappa shape index (κ2) is 7.78. The number of anilines is 1. The Kier molecular flexibility index (Phi) is 6.36. The zero-order valence-corrected chi connectivity index (χ0v) is 13.1. The summed E-state index contributed by atoms with van der Waals surface area (Å²) in [7, 11) is 5.70. The summed E-state index contributed by atoms with van der Waals surface area (Å²) < 4.78 is 10.6. The highest BCUT2D eigenvalue weighted by Gasteiger charge is 2.16. The van der Waals surface area contributed by atoms with Crippen LogP contribution in [0.5, 0.6) is 5.75 Å². The van der Waals surface area contributed by atoms with Crippen molar-refractivity contribution in [3.8, 4) is 5.75 Å². The standard InChI is InChI=1S/C16H25NO3/c1-6-13(9-10-20-12(2)18)15-8-7-14(17(3)4)11-16(15)19-5/h7-8,11,13H,6,9-10H2,1-5H3/t13-/m1/s1. The Balaban J connectivity index is 2.88. The number of benzene rings is 1. The Hall–Kier alpha value is -1.71. The van der Waals surface area contributed by atoms with Crippen molar-refractivity contribution in [3.05, 3.63) is 23.8 Å². The molecule has 0 aliphatic rings. The third-order valence-electron chi connectivity index (χ3n) is 3.44. The van der Waals surface area contributed by atoms with Crippen LogP contribution in [0, 0.1) is 0 Å². The predicted octanol–water partition coefficient (Wildman–Crippen LogP) is 3.21. The summed E-state index contributed by atoms with van der Waals surface area (Å²) in [5.74, 6) is 1.00. The number of hydrogen-bond donors (Lipinski definition) is 0. The van der Waals surface area contributed by atoms with Gasteiger partial charge in [-0.3, -0.25) is 4.79 Å². The first-order chi connectivity index (χ1) is 9.49. The van der Waals surface area contributed by atoms with Crippen molar-refractivity contribution >= 4 is 11.7 Å². The van der Waals surface area contributed by atoms with Crippen LogP contribution in [0.15, 0.2) is 18.2 Å². The van der Waals surface area contributed by atoms with Gasteiger partial charge in [0.25, 0.3) is 0 Å². The molecule has 4 heteroatoms. The molecule has 1 aromatic carbocycles. The number of nitrogens with zero attached hydrogens (tertiary/aromatic N) is 1. The van der Waals surface area contributed by atoms with E-state index in [9.17, 15) is 4.79 Å². The van der Waals surface area contributed by atoms with Gasteiger partial charge in [-0.25, -0.2) is 0 Å². The highest BCUT2D eigenvalue weighted by molar-refractivity contribution is 5.65. The van der Waals surface area contributed by atoms with Crippen molar-refractivity contribution in [1.82, 2.24) is 0 Å². The summed E-state index contributed by atoms with van der Waals surface area (Å²) in [6.45, 7) is 4.03. The maximum Gasteiger partial charge on any atom is 0.302 e. The Labute approximate surface area is 121 Å². The van der Waals surface area contributed by atoms with Crippen LogP contribution in [-0.4, -0.2) is 33.8 Å². The highest BCUT2D eigenvalue weighted by Crippen LogP contribution is 2.34. The van der Waals surface area contributed by atoms with Crippen molar-refractivity contribution in [2.24, 2.45) is 0 Å². The molecule has 20 heavy (non-hydrogen) atoms. The van der Waals surface area contributed by atoms with Gasteiger partial charge in [-0.15, -0.1) is 0 Å². The lowest BCUT2D eigenvalue weighted by Gasteiger charge is -2.21. The molecule has 0 fully saturated rings. The quantitative estimate of drug-likeness (QED) is 0.718. The van der Waals surface area contributed by atoms with Gasteiger partial charge in [0.2, 0.25) is 0 Å². The molecule has 0 saturated heterocycles. The molecule has 0 saturated carbocycles. The Morgan fingerprint density at radius 3 is 2.55 bits per heavy atom. The van der Waals surface area contributed by atoms with Crippen molar-refractivity contribution in [2.45, 2.75) is 32.6 Å². The number of rotatable bonds is 7. The average molecular weight is 279 g/mol. The van der Waals surface area contributed by atoms with E-state index in [1.807, 2.05) is 25.1 Å². The van der Waals surface area contributed by atoms with E-state index in [0.29, 0.717) is 12.5 Å². The molecule has 112 valence electrons. The molecule has 0 unspecified atom stereocenters. The van der Waals surface area contributed by atoms with Gasteiger partial charge in [0, 0.05) is 32.8 Å². The van der Waals surface area contributed by atoms with E-state index in [1.165, 1.54) is 12.5 Å². The maximum absolute atomic E-state index is 10.8. The lowest BCUT2D eigenvalue weighted by atomic mass is 9.92. The number of carbonyl (C=O) groups is 1. The van der Waals surface area contributed by atoms with E-state index in [2.05, 4.69) is 19.1 Å². The lowest BCUT2D eigenvalue weighted by Crippen LogP contribution is -2.11. The molecule has 0 bridgehead atoms.